The Hall–Kier alpha value is -4.20. The van der Waals surface area contributed by atoms with Gasteiger partial charge in [0.05, 0.1) is 22.4 Å². The maximum absolute atomic E-state index is 14.1. The molecule has 1 aliphatic rings. The number of aromatic amines is 1. The highest BCUT2D eigenvalue weighted by atomic mass is 32.3. The normalized spacial score (nSPS) is 14.8. The molecular weight excluding hydrogens is 533 g/mol. The predicted molar refractivity (Wildman–Crippen MR) is 152 cm³/mol. The van der Waals surface area contributed by atoms with Crippen molar-refractivity contribution in [2.45, 2.75) is 43.7 Å². The van der Waals surface area contributed by atoms with Crippen molar-refractivity contribution in [3.05, 3.63) is 64.6 Å². The lowest BCUT2D eigenvalue weighted by Crippen LogP contribution is -2.22. The van der Waals surface area contributed by atoms with E-state index < -0.39 is 15.1 Å². The van der Waals surface area contributed by atoms with Crippen molar-refractivity contribution in [3.8, 4) is 29.2 Å². The molecule has 0 amide bonds. The van der Waals surface area contributed by atoms with Gasteiger partial charge in [-0.1, -0.05) is 12.0 Å². The summed E-state index contributed by atoms with van der Waals surface area (Å²) in [6.07, 6.45) is 9.24. The molecule has 2 aromatic carbocycles. The molecule has 8 nitrogen and oxygen atoms in total. The zero-order valence-corrected chi connectivity index (χ0v) is 22.7. The Morgan fingerprint density at radius 1 is 1.15 bits per heavy atom. The molecule has 0 spiro atoms. The van der Waals surface area contributed by atoms with E-state index in [-0.39, 0.29) is 17.6 Å². The van der Waals surface area contributed by atoms with Crippen molar-refractivity contribution >= 4 is 43.1 Å². The molecule has 10 heteroatoms. The highest BCUT2D eigenvalue weighted by molar-refractivity contribution is 7.86. The first-order chi connectivity index (χ1) is 19.2. The first-order valence-corrected chi connectivity index (χ1v) is 14.3. The van der Waals surface area contributed by atoms with Crippen LogP contribution < -0.4 is 10.2 Å². The number of rotatable bonds is 5. The molecule has 0 aliphatic carbocycles. The van der Waals surface area contributed by atoms with Gasteiger partial charge in [0.2, 0.25) is 0 Å². The standard InChI is InChI=1S/C30H26FN3O5S/c1-4-18-5-6-22-25(11-18)33-30-28(22)29(35)24-14-27(39-17(2)3)23(19-12-21(16-32-15-19)40(31,36)37)13-26(24)34(30)20-7-9-38-10-8-20/h1,5-6,11-17,20,33H,7-10H2,2-3H3. The van der Waals surface area contributed by atoms with Crippen molar-refractivity contribution in [2.75, 3.05) is 13.2 Å². The van der Waals surface area contributed by atoms with Crippen LogP contribution in [0.25, 0.3) is 44.0 Å². The highest BCUT2D eigenvalue weighted by Gasteiger charge is 2.25. The van der Waals surface area contributed by atoms with Crippen LogP contribution in [0.2, 0.25) is 0 Å². The number of ether oxygens (including phenoxy) is 2. The van der Waals surface area contributed by atoms with Gasteiger partial charge < -0.3 is 19.0 Å². The van der Waals surface area contributed by atoms with Gasteiger partial charge in [0.15, 0.2) is 5.43 Å². The number of aromatic nitrogens is 3. The molecule has 4 heterocycles. The Morgan fingerprint density at radius 2 is 1.93 bits per heavy atom. The molecule has 0 unspecified atom stereocenters. The fraction of sp³-hybridized carbons (Fsp3) is 0.267. The van der Waals surface area contributed by atoms with Crippen LogP contribution in [-0.2, 0) is 15.0 Å². The lowest BCUT2D eigenvalue weighted by molar-refractivity contribution is 0.0715. The monoisotopic (exact) mass is 559 g/mol. The Balaban J connectivity index is 1.75. The van der Waals surface area contributed by atoms with E-state index in [1.54, 1.807) is 12.1 Å². The minimum Gasteiger partial charge on any atom is -0.490 e. The average Bonchev–Trinajstić information content (AvgIpc) is 3.31. The van der Waals surface area contributed by atoms with Gasteiger partial charge in [-0.15, -0.1) is 10.3 Å². The molecule has 3 aromatic heterocycles. The van der Waals surface area contributed by atoms with E-state index >= 15 is 0 Å². The number of nitrogens with one attached hydrogen (secondary N) is 1. The number of hydrogen-bond donors (Lipinski definition) is 1. The number of fused-ring (bicyclic) bond motifs is 4. The van der Waals surface area contributed by atoms with Crippen molar-refractivity contribution in [1.29, 1.82) is 0 Å². The quantitative estimate of drug-likeness (QED) is 0.226. The topological polar surface area (TPSA) is 103 Å². The van der Waals surface area contributed by atoms with E-state index in [4.69, 9.17) is 15.9 Å². The number of H-pyrrole nitrogens is 1. The summed E-state index contributed by atoms with van der Waals surface area (Å²) >= 11 is 0. The molecular formula is C30H26FN3O5S. The fourth-order valence-corrected chi connectivity index (χ4v) is 5.94. The molecule has 40 heavy (non-hydrogen) atoms. The maximum Gasteiger partial charge on any atom is 0.333 e. The van der Waals surface area contributed by atoms with Gasteiger partial charge in [-0.3, -0.25) is 9.78 Å². The summed E-state index contributed by atoms with van der Waals surface area (Å²) in [4.78, 5) is 21.0. The van der Waals surface area contributed by atoms with E-state index in [0.29, 0.717) is 57.6 Å². The average molecular weight is 560 g/mol. The van der Waals surface area contributed by atoms with Crippen LogP contribution >= 0.6 is 0 Å². The molecule has 1 fully saturated rings. The van der Waals surface area contributed by atoms with Gasteiger partial charge in [0, 0.05) is 59.2 Å². The molecule has 0 bridgehead atoms. The zero-order chi connectivity index (χ0) is 28.2. The van der Waals surface area contributed by atoms with Gasteiger partial charge in [-0.2, -0.15) is 8.42 Å². The fourth-order valence-electron chi connectivity index (χ4n) is 5.49. The molecule has 0 atom stereocenters. The summed E-state index contributed by atoms with van der Waals surface area (Å²) in [6, 6.07) is 10.2. The molecule has 6 rings (SSSR count). The van der Waals surface area contributed by atoms with E-state index in [1.165, 1.54) is 12.3 Å². The summed E-state index contributed by atoms with van der Waals surface area (Å²) in [5.41, 5.74) is 3.40. The Labute approximate surface area is 230 Å². The highest BCUT2D eigenvalue weighted by Crippen LogP contribution is 2.39. The van der Waals surface area contributed by atoms with Crippen LogP contribution in [0.4, 0.5) is 3.89 Å². The smallest absolute Gasteiger partial charge is 0.333 e. The lowest BCUT2D eigenvalue weighted by atomic mass is 10.00. The van der Waals surface area contributed by atoms with Crippen molar-refractivity contribution in [1.82, 2.24) is 14.5 Å². The van der Waals surface area contributed by atoms with Crippen molar-refractivity contribution < 1.29 is 21.8 Å². The third-order valence-corrected chi connectivity index (χ3v) is 8.03. The van der Waals surface area contributed by atoms with Crippen LogP contribution in [0.3, 0.4) is 0 Å². The van der Waals surface area contributed by atoms with Gasteiger partial charge in [-0.25, -0.2) is 0 Å². The molecule has 0 radical (unpaired) electrons. The minimum absolute atomic E-state index is 0.0138. The Morgan fingerprint density at radius 3 is 2.62 bits per heavy atom. The number of benzene rings is 2. The molecule has 5 aromatic rings. The van der Waals surface area contributed by atoms with Gasteiger partial charge >= 0.3 is 10.2 Å². The largest absolute Gasteiger partial charge is 0.490 e. The first kappa shape index (κ1) is 26.0. The number of terminal acetylenes is 1. The molecule has 1 N–H and O–H groups in total. The lowest BCUT2D eigenvalue weighted by Gasteiger charge is -2.28. The van der Waals surface area contributed by atoms with Crippen LogP contribution in [0, 0.1) is 12.3 Å². The second-order valence-electron chi connectivity index (χ2n) is 10.2. The molecule has 0 saturated carbocycles. The van der Waals surface area contributed by atoms with E-state index in [0.717, 1.165) is 29.9 Å². The van der Waals surface area contributed by atoms with E-state index in [2.05, 4.69) is 20.5 Å². The SMILES string of the molecule is C#Cc1ccc2c(c1)[nH]c1c2c(=O)c2cc(OC(C)C)c(-c3cncc(S(=O)(=O)F)c3)cc2n1C1CCOCC1. The summed E-state index contributed by atoms with van der Waals surface area (Å²) in [6.45, 7) is 4.84. The second kappa shape index (κ2) is 9.77. The van der Waals surface area contributed by atoms with Gasteiger partial charge in [0.1, 0.15) is 16.3 Å². The van der Waals surface area contributed by atoms with E-state index in [1.807, 2.05) is 32.0 Å². The third kappa shape index (κ3) is 4.41. The van der Waals surface area contributed by atoms with Crippen LogP contribution in [0.5, 0.6) is 5.75 Å². The predicted octanol–water partition coefficient (Wildman–Crippen LogP) is 5.48. The second-order valence-corrected chi connectivity index (χ2v) is 11.5. The maximum atomic E-state index is 14.1. The number of hydrogen-bond acceptors (Lipinski definition) is 6. The van der Waals surface area contributed by atoms with Crippen molar-refractivity contribution in [3.63, 3.8) is 0 Å². The number of pyridine rings is 2. The Kier molecular flexibility index (Phi) is 6.36. The first-order valence-electron chi connectivity index (χ1n) is 12.9. The van der Waals surface area contributed by atoms with Crippen molar-refractivity contribution in [2.24, 2.45) is 0 Å². The minimum atomic E-state index is -4.98. The Bertz CT molecular complexity index is 2020. The zero-order valence-electron chi connectivity index (χ0n) is 21.9. The van der Waals surface area contributed by atoms with Crippen LogP contribution in [-0.4, -0.2) is 42.3 Å². The van der Waals surface area contributed by atoms with Gasteiger partial charge in [0.25, 0.3) is 0 Å². The summed E-state index contributed by atoms with van der Waals surface area (Å²) < 4.78 is 51.1. The summed E-state index contributed by atoms with van der Waals surface area (Å²) in [5.74, 6) is 3.00. The third-order valence-electron chi connectivity index (χ3n) is 7.24. The molecule has 1 saturated heterocycles. The van der Waals surface area contributed by atoms with E-state index in [9.17, 15) is 17.1 Å². The molecule has 1 aliphatic heterocycles. The van der Waals surface area contributed by atoms with Gasteiger partial charge in [-0.05, 0) is 57.0 Å². The van der Waals surface area contributed by atoms with Crippen LogP contribution in [0.15, 0.2) is 58.5 Å². The molecule has 204 valence electrons. The summed E-state index contributed by atoms with van der Waals surface area (Å²) in [5, 5.41) is 1.76. The summed E-state index contributed by atoms with van der Waals surface area (Å²) in [7, 11) is -4.98. The number of nitrogens with zero attached hydrogens (tertiary/aromatic N) is 2. The van der Waals surface area contributed by atoms with Crippen LogP contribution in [0.1, 0.15) is 38.3 Å². The number of halogens is 1.